The number of hydrogen-bond acceptors (Lipinski definition) is 4. The summed E-state index contributed by atoms with van der Waals surface area (Å²) in [5.74, 6) is 0.581. The Morgan fingerprint density at radius 1 is 1.30 bits per heavy atom. The van der Waals surface area contributed by atoms with Gasteiger partial charge in [-0.2, -0.15) is 0 Å². The predicted octanol–water partition coefficient (Wildman–Crippen LogP) is 1.80. The van der Waals surface area contributed by atoms with E-state index in [4.69, 9.17) is 0 Å². The van der Waals surface area contributed by atoms with Gasteiger partial charge in [0.15, 0.2) is 0 Å². The first-order chi connectivity index (χ1) is 9.22. The molecule has 0 atom stereocenters. The molecule has 4 nitrogen and oxygen atoms in total. The van der Waals surface area contributed by atoms with Crippen molar-refractivity contribution in [3.63, 3.8) is 0 Å². The average Bonchev–Trinajstić information content (AvgIpc) is 2.73. The molecule has 0 aliphatic carbocycles. The van der Waals surface area contributed by atoms with Crippen LogP contribution in [-0.2, 0) is 11.3 Å². The lowest BCUT2D eigenvalue weighted by Crippen LogP contribution is -2.56. The van der Waals surface area contributed by atoms with Gasteiger partial charge in [0.2, 0.25) is 5.91 Å². The highest BCUT2D eigenvalue weighted by Gasteiger charge is 2.30. The maximum Gasteiger partial charge on any atom is 0.228 e. The number of nitrogens with one attached hydrogen (secondary N) is 1. The van der Waals surface area contributed by atoms with Gasteiger partial charge in [-0.05, 0) is 28.1 Å². The van der Waals surface area contributed by atoms with Crippen LogP contribution < -0.4 is 5.32 Å². The summed E-state index contributed by atoms with van der Waals surface area (Å²) in [6, 6.07) is 4.27. The molecule has 3 rings (SSSR count). The van der Waals surface area contributed by atoms with Gasteiger partial charge in [0.25, 0.3) is 0 Å². The molecule has 2 aliphatic rings. The smallest absolute Gasteiger partial charge is 0.228 e. The third-order valence-electron chi connectivity index (χ3n) is 3.82. The van der Waals surface area contributed by atoms with Crippen LogP contribution in [0.3, 0.4) is 0 Å². The minimum atomic E-state index is 0. The number of rotatable bonds is 3. The number of carbonyl (C=O) groups is 1. The van der Waals surface area contributed by atoms with Gasteiger partial charge in [-0.15, -0.1) is 23.7 Å². The van der Waals surface area contributed by atoms with Crippen molar-refractivity contribution in [2.24, 2.45) is 5.92 Å². The van der Waals surface area contributed by atoms with Gasteiger partial charge in [0.1, 0.15) is 0 Å². The molecule has 1 amide bonds. The van der Waals surface area contributed by atoms with Crippen molar-refractivity contribution in [2.75, 3.05) is 39.3 Å². The fourth-order valence-electron chi connectivity index (χ4n) is 2.50. The standard InChI is InChI=1S/C13H18BrN3OS.ClH/c14-12-2-1-11(19-12)9-16-3-5-17(6-4-16)13(18)10-7-15-8-10;/h1-2,10,15H,3-9H2;1H. The van der Waals surface area contributed by atoms with Crippen LogP contribution in [0, 0.1) is 5.92 Å². The van der Waals surface area contributed by atoms with Gasteiger partial charge >= 0.3 is 0 Å². The first-order valence-corrected chi connectivity index (χ1v) is 8.29. The van der Waals surface area contributed by atoms with E-state index in [0.29, 0.717) is 5.91 Å². The van der Waals surface area contributed by atoms with Crippen molar-refractivity contribution < 1.29 is 4.79 Å². The van der Waals surface area contributed by atoms with Crippen LogP contribution in [0.1, 0.15) is 4.88 Å². The Labute approximate surface area is 138 Å². The Kier molecular flexibility index (Phi) is 5.86. The molecule has 0 saturated carbocycles. The zero-order valence-electron chi connectivity index (χ0n) is 11.2. The molecule has 0 unspecified atom stereocenters. The van der Waals surface area contributed by atoms with Crippen LogP contribution in [-0.4, -0.2) is 55.0 Å². The molecule has 1 aromatic rings. The summed E-state index contributed by atoms with van der Waals surface area (Å²) >= 11 is 5.29. The minimum absolute atomic E-state index is 0. The third-order valence-corrected chi connectivity index (χ3v) is 5.43. The van der Waals surface area contributed by atoms with Crippen molar-refractivity contribution in [1.82, 2.24) is 15.1 Å². The summed E-state index contributed by atoms with van der Waals surface area (Å²) in [5, 5.41) is 3.16. The first kappa shape index (κ1) is 16.2. The lowest BCUT2D eigenvalue weighted by Gasteiger charge is -2.38. The van der Waals surface area contributed by atoms with Crippen LogP contribution in [0.25, 0.3) is 0 Å². The quantitative estimate of drug-likeness (QED) is 0.868. The van der Waals surface area contributed by atoms with Crippen LogP contribution in [0.4, 0.5) is 0 Å². The van der Waals surface area contributed by atoms with E-state index in [2.05, 4.69) is 38.3 Å². The first-order valence-electron chi connectivity index (χ1n) is 6.68. The van der Waals surface area contributed by atoms with E-state index in [1.165, 1.54) is 8.66 Å². The average molecular weight is 381 g/mol. The second kappa shape index (κ2) is 7.22. The normalized spacial score (nSPS) is 20.4. The molecule has 112 valence electrons. The zero-order valence-corrected chi connectivity index (χ0v) is 14.4. The molecule has 2 aliphatic heterocycles. The maximum atomic E-state index is 12.1. The van der Waals surface area contributed by atoms with Crippen LogP contribution in [0.5, 0.6) is 0 Å². The SMILES string of the molecule is Cl.O=C(C1CNC1)N1CCN(Cc2ccc(Br)s2)CC1. The molecule has 2 saturated heterocycles. The molecule has 0 radical (unpaired) electrons. The highest BCUT2D eigenvalue weighted by atomic mass is 79.9. The van der Waals surface area contributed by atoms with Crippen molar-refractivity contribution in [3.8, 4) is 0 Å². The number of nitrogens with zero attached hydrogens (tertiary/aromatic N) is 2. The summed E-state index contributed by atoms with van der Waals surface area (Å²) in [6.07, 6.45) is 0. The van der Waals surface area contributed by atoms with Gasteiger partial charge in [-0.1, -0.05) is 0 Å². The van der Waals surface area contributed by atoms with E-state index in [0.717, 1.165) is 45.8 Å². The highest BCUT2D eigenvalue weighted by Crippen LogP contribution is 2.23. The number of amides is 1. The van der Waals surface area contributed by atoms with Gasteiger partial charge in [0.05, 0.1) is 9.70 Å². The Bertz CT molecular complexity index is 458. The largest absolute Gasteiger partial charge is 0.340 e. The lowest BCUT2D eigenvalue weighted by molar-refractivity contribution is -0.138. The molecule has 1 aromatic heterocycles. The Balaban J connectivity index is 0.00000147. The Morgan fingerprint density at radius 2 is 2.00 bits per heavy atom. The molecular formula is C13H19BrClN3OS. The second-order valence-electron chi connectivity index (χ2n) is 5.16. The summed E-state index contributed by atoms with van der Waals surface area (Å²) in [7, 11) is 0. The van der Waals surface area contributed by atoms with E-state index >= 15 is 0 Å². The van der Waals surface area contributed by atoms with E-state index < -0.39 is 0 Å². The number of halogens is 2. The van der Waals surface area contributed by atoms with E-state index in [-0.39, 0.29) is 18.3 Å². The fourth-order valence-corrected chi connectivity index (χ4v) is 4.03. The monoisotopic (exact) mass is 379 g/mol. The van der Waals surface area contributed by atoms with Crippen LogP contribution >= 0.6 is 39.7 Å². The van der Waals surface area contributed by atoms with Crippen LogP contribution in [0.15, 0.2) is 15.9 Å². The van der Waals surface area contributed by atoms with Gasteiger partial charge in [-0.25, -0.2) is 0 Å². The Morgan fingerprint density at radius 3 is 2.50 bits per heavy atom. The molecule has 0 aromatic carbocycles. The second-order valence-corrected chi connectivity index (χ2v) is 7.71. The van der Waals surface area contributed by atoms with Crippen molar-refractivity contribution in [2.45, 2.75) is 6.54 Å². The molecular weight excluding hydrogens is 362 g/mol. The van der Waals surface area contributed by atoms with E-state index in [1.807, 2.05) is 4.90 Å². The van der Waals surface area contributed by atoms with Gasteiger partial charge < -0.3 is 10.2 Å². The van der Waals surface area contributed by atoms with Crippen molar-refractivity contribution in [1.29, 1.82) is 0 Å². The summed E-state index contributed by atoms with van der Waals surface area (Å²) in [5.41, 5.74) is 0. The lowest BCUT2D eigenvalue weighted by atomic mass is 10.0. The summed E-state index contributed by atoms with van der Waals surface area (Å²) in [4.78, 5) is 18.0. The molecule has 0 bridgehead atoms. The summed E-state index contributed by atoms with van der Waals surface area (Å²) < 4.78 is 1.19. The van der Waals surface area contributed by atoms with Crippen molar-refractivity contribution in [3.05, 3.63) is 20.8 Å². The topological polar surface area (TPSA) is 35.6 Å². The Hall–Kier alpha value is -0.140. The molecule has 0 spiro atoms. The number of thiophene rings is 1. The molecule has 7 heteroatoms. The number of hydrogen-bond donors (Lipinski definition) is 1. The van der Waals surface area contributed by atoms with Crippen molar-refractivity contribution >= 4 is 45.6 Å². The molecule has 3 heterocycles. The van der Waals surface area contributed by atoms with E-state index in [9.17, 15) is 4.79 Å². The summed E-state index contributed by atoms with van der Waals surface area (Å²) in [6.45, 7) is 6.46. The highest BCUT2D eigenvalue weighted by molar-refractivity contribution is 9.11. The van der Waals surface area contributed by atoms with E-state index in [1.54, 1.807) is 11.3 Å². The zero-order chi connectivity index (χ0) is 13.2. The molecule has 2 fully saturated rings. The number of carbonyl (C=O) groups excluding carboxylic acids is 1. The number of piperazine rings is 1. The van der Waals surface area contributed by atoms with Gasteiger partial charge in [-0.3, -0.25) is 9.69 Å². The van der Waals surface area contributed by atoms with Crippen LogP contribution in [0.2, 0.25) is 0 Å². The molecule has 1 N–H and O–H groups in total. The third kappa shape index (κ3) is 3.74. The predicted molar refractivity (Wildman–Crippen MR) is 87.5 cm³/mol. The minimum Gasteiger partial charge on any atom is -0.340 e. The maximum absolute atomic E-state index is 12.1. The molecule has 20 heavy (non-hydrogen) atoms. The van der Waals surface area contributed by atoms with Gasteiger partial charge in [0, 0.05) is 50.7 Å². The fraction of sp³-hybridized carbons (Fsp3) is 0.615.